The Labute approximate surface area is 132 Å². The summed E-state index contributed by atoms with van der Waals surface area (Å²) >= 11 is 6.57. The zero-order valence-corrected chi connectivity index (χ0v) is 14.6. The number of aromatic nitrogens is 1. The van der Waals surface area contributed by atoms with Crippen LogP contribution >= 0.6 is 11.6 Å². The standard InChI is InChI=1S/C16H25ClN2O2/c1-15(2,3)13(17)10-8-18-9-11(21-7)12(10)19-14(20)16(4,5)6/h8-9,13H,1-7H3,(H,18,19,20). The number of ether oxygens (including phenoxy) is 1. The van der Waals surface area contributed by atoms with Crippen molar-refractivity contribution in [2.24, 2.45) is 10.8 Å². The molecule has 1 aromatic rings. The Morgan fingerprint density at radius 2 is 1.81 bits per heavy atom. The Morgan fingerprint density at radius 3 is 2.24 bits per heavy atom. The van der Waals surface area contributed by atoms with E-state index in [9.17, 15) is 4.79 Å². The third-order valence-corrected chi connectivity index (χ3v) is 4.00. The number of nitrogens with zero attached hydrogens (tertiary/aromatic N) is 1. The predicted molar refractivity (Wildman–Crippen MR) is 86.9 cm³/mol. The molecule has 0 aliphatic carbocycles. The molecule has 1 heterocycles. The fourth-order valence-electron chi connectivity index (χ4n) is 1.70. The molecule has 0 aromatic carbocycles. The van der Waals surface area contributed by atoms with Crippen molar-refractivity contribution in [1.82, 2.24) is 4.98 Å². The average Bonchev–Trinajstić information content (AvgIpc) is 2.35. The van der Waals surface area contributed by atoms with E-state index in [1.54, 1.807) is 19.5 Å². The van der Waals surface area contributed by atoms with Gasteiger partial charge in [-0.1, -0.05) is 41.5 Å². The van der Waals surface area contributed by atoms with E-state index < -0.39 is 5.41 Å². The van der Waals surface area contributed by atoms with Crippen molar-refractivity contribution >= 4 is 23.2 Å². The molecule has 21 heavy (non-hydrogen) atoms. The van der Waals surface area contributed by atoms with Gasteiger partial charge >= 0.3 is 0 Å². The first-order valence-electron chi connectivity index (χ1n) is 6.96. The Kier molecular flexibility index (Phi) is 5.26. The van der Waals surface area contributed by atoms with Crippen LogP contribution in [0.1, 0.15) is 52.5 Å². The quantitative estimate of drug-likeness (QED) is 0.842. The van der Waals surface area contributed by atoms with Gasteiger partial charge in [0.2, 0.25) is 5.91 Å². The topological polar surface area (TPSA) is 51.2 Å². The van der Waals surface area contributed by atoms with Crippen molar-refractivity contribution in [2.45, 2.75) is 46.9 Å². The summed E-state index contributed by atoms with van der Waals surface area (Å²) in [6.07, 6.45) is 3.26. The van der Waals surface area contributed by atoms with E-state index in [4.69, 9.17) is 16.3 Å². The number of amides is 1. The summed E-state index contributed by atoms with van der Waals surface area (Å²) in [6, 6.07) is 0. The van der Waals surface area contributed by atoms with Crippen LogP contribution in [0.15, 0.2) is 12.4 Å². The molecule has 1 aromatic heterocycles. The van der Waals surface area contributed by atoms with Crippen LogP contribution in [0.2, 0.25) is 0 Å². The molecule has 0 bridgehead atoms. The summed E-state index contributed by atoms with van der Waals surface area (Å²) in [6.45, 7) is 11.7. The molecule has 118 valence electrons. The number of rotatable bonds is 3. The third-order valence-electron chi connectivity index (χ3n) is 3.11. The van der Waals surface area contributed by atoms with Gasteiger partial charge in [0, 0.05) is 17.2 Å². The average molecular weight is 313 g/mol. The summed E-state index contributed by atoms with van der Waals surface area (Å²) in [7, 11) is 1.55. The lowest BCUT2D eigenvalue weighted by molar-refractivity contribution is -0.123. The second-order valence-electron chi connectivity index (χ2n) is 7.24. The van der Waals surface area contributed by atoms with Crippen LogP contribution in [0.4, 0.5) is 5.69 Å². The summed E-state index contributed by atoms with van der Waals surface area (Å²) in [5.41, 5.74) is 0.690. The van der Waals surface area contributed by atoms with Gasteiger partial charge in [-0.15, -0.1) is 11.6 Å². The van der Waals surface area contributed by atoms with Crippen LogP contribution in [0.25, 0.3) is 0 Å². The minimum Gasteiger partial charge on any atom is -0.493 e. The van der Waals surface area contributed by atoms with Crippen LogP contribution in [0, 0.1) is 10.8 Å². The molecule has 1 amide bonds. The molecule has 5 heteroatoms. The summed E-state index contributed by atoms with van der Waals surface area (Å²) in [5.74, 6) is 0.422. The Hall–Kier alpha value is -1.29. The number of hydrogen-bond donors (Lipinski definition) is 1. The second-order valence-corrected chi connectivity index (χ2v) is 7.68. The minimum absolute atomic E-state index is 0.0916. The van der Waals surface area contributed by atoms with Gasteiger partial charge in [0.05, 0.1) is 24.4 Å². The number of hydrogen-bond acceptors (Lipinski definition) is 3. The largest absolute Gasteiger partial charge is 0.493 e. The van der Waals surface area contributed by atoms with Gasteiger partial charge in [-0.05, 0) is 5.41 Å². The first-order valence-corrected chi connectivity index (χ1v) is 7.39. The maximum absolute atomic E-state index is 12.3. The van der Waals surface area contributed by atoms with Crippen LogP contribution in [0.3, 0.4) is 0 Å². The molecule has 4 nitrogen and oxygen atoms in total. The Balaban J connectivity index is 3.31. The van der Waals surface area contributed by atoms with Crippen molar-refractivity contribution in [1.29, 1.82) is 0 Å². The summed E-state index contributed by atoms with van der Waals surface area (Å²) < 4.78 is 5.33. The van der Waals surface area contributed by atoms with Crippen molar-refractivity contribution in [3.05, 3.63) is 18.0 Å². The van der Waals surface area contributed by atoms with Crippen LogP contribution in [0.5, 0.6) is 5.75 Å². The number of anilines is 1. The van der Waals surface area contributed by atoms with Gasteiger partial charge in [0.1, 0.15) is 0 Å². The maximum atomic E-state index is 12.3. The molecule has 0 fully saturated rings. The zero-order chi connectivity index (χ0) is 16.4. The minimum atomic E-state index is -0.505. The van der Waals surface area contributed by atoms with Crippen molar-refractivity contribution in [3.8, 4) is 5.75 Å². The summed E-state index contributed by atoms with van der Waals surface area (Å²) in [5, 5.41) is 2.64. The van der Waals surface area contributed by atoms with E-state index in [1.165, 1.54) is 0 Å². The van der Waals surface area contributed by atoms with Gasteiger partial charge in [-0.2, -0.15) is 0 Å². The molecule has 1 rings (SSSR count). The van der Waals surface area contributed by atoms with Gasteiger partial charge in [-0.25, -0.2) is 0 Å². The molecular formula is C16H25ClN2O2. The van der Waals surface area contributed by atoms with Gasteiger partial charge in [-0.3, -0.25) is 9.78 Å². The normalized spacial score (nSPS) is 13.7. The monoisotopic (exact) mass is 312 g/mol. The molecule has 0 aliphatic heterocycles. The van der Waals surface area contributed by atoms with Crippen molar-refractivity contribution < 1.29 is 9.53 Å². The van der Waals surface area contributed by atoms with E-state index in [1.807, 2.05) is 41.5 Å². The summed E-state index contributed by atoms with van der Waals surface area (Å²) in [4.78, 5) is 16.5. The lowest BCUT2D eigenvalue weighted by Crippen LogP contribution is -2.29. The molecule has 0 saturated carbocycles. The Morgan fingerprint density at radius 1 is 1.24 bits per heavy atom. The van der Waals surface area contributed by atoms with Crippen LogP contribution in [-0.2, 0) is 4.79 Å². The smallest absolute Gasteiger partial charge is 0.229 e. The first kappa shape index (κ1) is 17.8. The van der Waals surface area contributed by atoms with Gasteiger partial charge < -0.3 is 10.1 Å². The molecule has 1 N–H and O–H groups in total. The maximum Gasteiger partial charge on any atom is 0.229 e. The molecule has 1 unspecified atom stereocenters. The highest BCUT2D eigenvalue weighted by Gasteiger charge is 2.30. The number of alkyl halides is 1. The lowest BCUT2D eigenvalue weighted by atomic mass is 9.87. The molecule has 1 atom stereocenters. The van der Waals surface area contributed by atoms with E-state index in [0.717, 1.165) is 5.56 Å². The highest BCUT2D eigenvalue weighted by molar-refractivity contribution is 6.22. The zero-order valence-electron chi connectivity index (χ0n) is 13.9. The number of carbonyl (C=O) groups excluding carboxylic acids is 1. The molecule has 0 saturated heterocycles. The fourth-order valence-corrected chi connectivity index (χ4v) is 1.87. The number of carbonyl (C=O) groups is 1. The third kappa shape index (κ3) is 4.34. The van der Waals surface area contributed by atoms with E-state index in [0.29, 0.717) is 11.4 Å². The first-order chi connectivity index (χ1) is 9.48. The second kappa shape index (κ2) is 6.22. The fraction of sp³-hybridized carbons (Fsp3) is 0.625. The Bertz CT molecular complexity index is 516. The highest BCUT2D eigenvalue weighted by atomic mass is 35.5. The predicted octanol–water partition coefficient (Wildman–Crippen LogP) is 4.40. The van der Waals surface area contributed by atoms with Gasteiger partial charge in [0.15, 0.2) is 5.75 Å². The van der Waals surface area contributed by atoms with Crippen LogP contribution in [-0.4, -0.2) is 18.0 Å². The highest BCUT2D eigenvalue weighted by Crippen LogP contribution is 2.44. The van der Waals surface area contributed by atoms with E-state index in [-0.39, 0.29) is 16.7 Å². The van der Waals surface area contributed by atoms with Gasteiger partial charge in [0.25, 0.3) is 0 Å². The number of pyridine rings is 1. The number of halogens is 1. The van der Waals surface area contributed by atoms with E-state index in [2.05, 4.69) is 10.3 Å². The molecule has 0 aliphatic rings. The molecular weight excluding hydrogens is 288 g/mol. The lowest BCUT2D eigenvalue weighted by Gasteiger charge is -2.28. The SMILES string of the molecule is COc1cncc(C(Cl)C(C)(C)C)c1NC(=O)C(C)(C)C. The molecule has 0 spiro atoms. The van der Waals surface area contributed by atoms with Crippen molar-refractivity contribution in [2.75, 3.05) is 12.4 Å². The number of methoxy groups -OCH3 is 1. The number of nitrogens with one attached hydrogen (secondary N) is 1. The van der Waals surface area contributed by atoms with Crippen molar-refractivity contribution in [3.63, 3.8) is 0 Å². The molecule has 0 radical (unpaired) electrons. The van der Waals surface area contributed by atoms with Crippen LogP contribution < -0.4 is 10.1 Å². The van der Waals surface area contributed by atoms with E-state index >= 15 is 0 Å².